The Hall–Kier alpha value is -2.24. The van der Waals surface area contributed by atoms with Gasteiger partial charge in [-0.15, -0.1) is 0 Å². The molecular weight excluding hydrogens is 366 g/mol. The zero-order valence-corrected chi connectivity index (χ0v) is 19.3. The monoisotopic (exact) mass is 403 g/mol. The van der Waals surface area contributed by atoms with Crippen molar-refractivity contribution in [1.29, 1.82) is 0 Å². The quantitative estimate of drug-likeness (QED) is 0.830. The van der Waals surface area contributed by atoms with Crippen LogP contribution >= 0.6 is 0 Å². The molecule has 1 N–H and O–H groups in total. The SMILES string of the molecule is CC(C)(C)OC(=O)NC(C)(C)C(=O)N1CCN(c2ccccc2C(C)(C)C)CC1. The molecule has 0 aliphatic carbocycles. The van der Waals surface area contributed by atoms with E-state index in [4.69, 9.17) is 4.74 Å². The molecule has 0 aromatic heterocycles. The maximum Gasteiger partial charge on any atom is 0.408 e. The lowest BCUT2D eigenvalue weighted by Gasteiger charge is -2.41. The van der Waals surface area contributed by atoms with Gasteiger partial charge in [-0.3, -0.25) is 4.79 Å². The van der Waals surface area contributed by atoms with Gasteiger partial charge in [0.15, 0.2) is 0 Å². The molecule has 6 heteroatoms. The zero-order chi connectivity index (χ0) is 22.0. The highest BCUT2D eigenvalue weighted by atomic mass is 16.6. The molecule has 1 aliphatic heterocycles. The first kappa shape index (κ1) is 23.0. The molecule has 1 saturated heterocycles. The van der Waals surface area contributed by atoms with Crippen LogP contribution in [0.2, 0.25) is 0 Å². The summed E-state index contributed by atoms with van der Waals surface area (Å²) in [5, 5.41) is 2.72. The maximum absolute atomic E-state index is 13.0. The van der Waals surface area contributed by atoms with Crippen molar-refractivity contribution in [1.82, 2.24) is 10.2 Å². The number of nitrogens with zero attached hydrogens (tertiary/aromatic N) is 2. The highest BCUT2D eigenvalue weighted by Gasteiger charge is 2.36. The predicted molar refractivity (Wildman–Crippen MR) is 117 cm³/mol. The van der Waals surface area contributed by atoms with E-state index < -0.39 is 17.2 Å². The van der Waals surface area contributed by atoms with Crippen LogP contribution in [0, 0.1) is 0 Å². The molecule has 0 radical (unpaired) electrons. The Morgan fingerprint density at radius 1 is 0.897 bits per heavy atom. The van der Waals surface area contributed by atoms with Crippen LogP contribution in [0.3, 0.4) is 0 Å². The Balaban J connectivity index is 2.02. The minimum atomic E-state index is -1.02. The number of piperazine rings is 1. The molecule has 1 fully saturated rings. The van der Waals surface area contributed by atoms with Crippen molar-refractivity contribution >= 4 is 17.7 Å². The largest absolute Gasteiger partial charge is 0.444 e. The first-order valence-electron chi connectivity index (χ1n) is 10.4. The van der Waals surface area contributed by atoms with Gasteiger partial charge in [-0.2, -0.15) is 0 Å². The number of carbonyl (C=O) groups is 2. The van der Waals surface area contributed by atoms with Gasteiger partial charge in [-0.25, -0.2) is 4.79 Å². The molecule has 1 aromatic carbocycles. The molecule has 1 aliphatic rings. The Labute approximate surface area is 175 Å². The second-order valence-corrected chi connectivity index (χ2v) is 10.3. The third-order valence-corrected chi connectivity index (χ3v) is 4.97. The Kier molecular flexibility index (Phi) is 6.55. The molecule has 2 amide bonds. The summed E-state index contributed by atoms with van der Waals surface area (Å²) in [5.74, 6) is -0.0906. The van der Waals surface area contributed by atoms with Gasteiger partial charge in [0.25, 0.3) is 0 Å². The lowest BCUT2D eigenvalue weighted by molar-refractivity contribution is -0.137. The molecule has 0 bridgehead atoms. The molecule has 162 valence electrons. The number of ether oxygens (including phenoxy) is 1. The average Bonchev–Trinajstić information content (AvgIpc) is 2.58. The first-order valence-corrected chi connectivity index (χ1v) is 10.4. The van der Waals surface area contributed by atoms with Gasteiger partial charge in [-0.05, 0) is 51.7 Å². The van der Waals surface area contributed by atoms with Gasteiger partial charge in [0, 0.05) is 31.9 Å². The number of para-hydroxylation sites is 1. The summed E-state index contributed by atoms with van der Waals surface area (Å²) in [7, 11) is 0. The number of alkyl carbamates (subject to hydrolysis) is 1. The number of hydrogen-bond acceptors (Lipinski definition) is 4. The number of amides is 2. The third kappa shape index (κ3) is 6.12. The van der Waals surface area contributed by atoms with E-state index in [1.54, 1.807) is 34.6 Å². The minimum Gasteiger partial charge on any atom is -0.444 e. The molecule has 0 atom stereocenters. The summed E-state index contributed by atoms with van der Waals surface area (Å²) in [6.07, 6.45) is -0.575. The zero-order valence-electron chi connectivity index (χ0n) is 19.3. The minimum absolute atomic E-state index is 0.0584. The lowest BCUT2D eigenvalue weighted by Crippen LogP contribution is -2.60. The number of rotatable bonds is 3. The van der Waals surface area contributed by atoms with E-state index in [0.717, 1.165) is 13.1 Å². The molecule has 0 unspecified atom stereocenters. The fraction of sp³-hybridized carbons (Fsp3) is 0.652. The van der Waals surface area contributed by atoms with E-state index in [1.165, 1.54) is 11.3 Å². The van der Waals surface area contributed by atoms with Crippen LogP contribution in [0.5, 0.6) is 0 Å². The smallest absolute Gasteiger partial charge is 0.408 e. The van der Waals surface area contributed by atoms with E-state index in [-0.39, 0.29) is 11.3 Å². The van der Waals surface area contributed by atoms with Crippen molar-refractivity contribution in [2.45, 2.75) is 71.9 Å². The van der Waals surface area contributed by atoms with E-state index in [0.29, 0.717) is 13.1 Å². The normalized spacial score (nSPS) is 15.9. The Bertz CT molecular complexity index is 736. The third-order valence-electron chi connectivity index (χ3n) is 4.97. The second-order valence-electron chi connectivity index (χ2n) is 10.3. The van der Waals surface area contributed by atoms with Gasteiger partial charge in [0.1, 0.15) is 11.1 Å². The maximum atomic E-state index is 13.0. The van der Waals surface area contributed by atoms with Crippen molar-refractivity contribution in [2.75, 3.05) is 31.1 Å². The molecule has 6 nitrogen and oxygen atoms in total. The summed E-state index contributed by atoms with van der Waals surface area (Å²) in [5.41, 5.74) is 0.983. The van der Waals surface area contributed by atoms with Crippen molar-refractivity contribution in [3.05, 3.63) is 29.8 Å². The van der Waals surface area contributed by atoms with Crippen LogP contribution in [0.1, 0.15) is 61.0 Å². The molecule has 0 saturated carbocycles. The molecule has 29 heavy (non-hydrogen) atoms. The van der Waals surface area contributed by atoms with E-state index in [9.17, 15) is 9.59 Å². The van der Waals surface area contributed by atoms with Crippen molar-refractivity contribution in [2.24, 2.45) is 0 Å². The number of benzene rings is 1. The van der Waals surface area contributed by atoms with Crippen LogP contribution < -0.4 is 10.2 Å². The fourth-order valence-corrected chi connectivity index (χ4v) is 3.54. The van der Waals surface area contributed by atoms with Crippen molar-refractivity contribution in [3.63, 3.8) is 0 Å². The molecule has 1 aromatic rings. The van der Waals surface area contributed by atoms with Gasteiger partial charge in [0.2, 0.25) is 5.91 Å². The summed E-state index contributed by atoms with van der Waals surface area (Å²) in [6, 6.07) is 8.48. The lowest BCUT2D eigenvalue weighted by atomic mass is 9.85. The van der Waals surface area contributed by atoms with Crippen LogP contribution in [0.4, 0.5) is 10.5 Å². The van der Waals surface area contributed by atoms with Crippen LogP contribution in [-0.4, -0.2) is 54.2 Å². The Morgan fingerprint density at radius 2 is 1.45 bits per heavy atom. The Morgan fingerprint density at radius 3 is 1.97 bits per heavy atom. The second kappa shape index (κ2) is 8.25. The van der Waals surface area contributed by atoms with Crippen molar-refractivity contribution < 1.29 is 14.3 Å². The van der Waals surface area contributed by atoms with Crippen molar-refractivity contribution in [3.8, 4) is 0 Å². The number of nitrogens with one attached hydrogen (secondary N) is 1. The fourth-order valence-electron chi connectivity index (χ4n) is 3.54. The summed E-state index contributed by atoms with van der Waals surface area (Å²) < 4.78 is 5.30. The van der Waals surface area contributed by atoms with Crippen LogP contribution in [0.15, 0.2) is 24.3 Å². The number of hydrogen-bond donors (Lipinski definition) is 1. The van der Waals surface area contributed by atoms with Crippen LogP contribution in [0.25, 0.3) is 0 Å². The summed E-state index contributed by atoms with van der Waals surface area (Å²) in [4.78, 5) is 29.3. The standard InChI is InChI=1S/C23H37N3O3/c1-21(2,3)17-11-9-10-12-18(17)25-13-15-26(16-14-25)19(27)23(7,8)24-20(28)29-22(4,5)6/h9-12H,13-16H2,1-8H3,(H,24,28). The molecule has 1 heterocycles. The highest BCUT2D eigenvalue weighted by Crippen LogP contribution is 2.32. The first-order chi connectivity index (χ1) is 13.2. The van der Waals surface area contributed by atoms with E-state index in [2.05, 4.69) is 55.3 Å². The van der Waals surface area contributed by atoms with Gasteiger partial charge in [-0.1, -0.05) is 39.0 Å². The summed E-state index contributed by atoms with van der Waals surface area (Å²) in [6.45, 7) is 18.3. The molecule has 2 rings (SSSR count). The highest BCUT2D eigenvalue weighted by molar-refractivity contribution is 5.89. The van der Waals surface area contributed by atoms with E-state index >= 15 is 0 Å². The number of carbonyl (C=O) groups excluding carboxylic acids is 2. The van der Waals surface area contributed by atoms with E-state index in [1.807, 2.05) is 4.90 Å². The number of anilines is 1. The molecule has 0 spiro atoms. The van der Waals surface area contributed by atoms with Crippen LogP contribution in [-0.2, 0) is 14.9 Å². The average molecular weight is 404 g/mol. The van der Waals surface area contributed by atoms with Gasteiger partial charge in [0.05, 0.1) is 0 Å². The van der Waals surface area contributed by atoms with Gasteiger partial charge >= 0.3 is 6.09 Å². The molecular formula is C23H37N3O3. The predicted octanol–water partition coefficient (Wildman–Crippen LogP) is 3.94. The topological polar surface area (TPSA) is 61.9 Å². The summed E-state index contributed by atoms with van der Waals surface area (Å²) >= 11 is 0. The van der Waals surface area contributed by atoms with Gasteiger partial charge < -0.3 is 19.9 Å².